The third kappa shape index (κ3) is 3.57. The van der Waals surface area contributed by atoms with Gasteiger partial charge in [-0.05, 0) is 51.1 Å². The topological polar surface area (TPSA) is 60.1 Å². The molecule has 1 aliphatic rings. The molecule has 0 spiro atoms. The van der Waals surface area contributed by atoms with Gasteiger partial charge in [0.25, 0.3) is 10.0 Å². The Morgan fingerprint density at radius 1 is 1.13 bits per heavy atom. The fourth-order valence-corrected chi connectivity index (χ4v) is 5.85. The molecule has 3 heterocycles. The third-order valence-corrected chi connectivity index (χ3v) is 7.74. The van der Waals surface area contributed by atoms with E-state index in [0.717, 1.165) is 28.2 Å². The molecule has 0 fully saturated rings. The molecule has 2 aromatic heterocycles. The molecule has 0 radical (unpaired) electrons. The van der Waals surface area contributed by atoms with Crippen LogP contribution >= 0.6 is 0 Å². The minimum atomic E-state index is -4.52. The van der Waals surface area contributed by atoms with Crippen molar-refractivity contribution in [1.82, 2.24) is 18.7 Å². The number of alkyl halides is 3. The smallest absolute Gasteiger partial charge is 0.302 e. The monoisotopic (exact) mass is 452 g/mol. The van der Waals surface area contributed by atoms with Crippen LogP contribution in [0.4, 0.5) is 13.2 Å². The van der Waals surface area contributed by atoms with E-state index in [1.807, 2.05) is 13.1 Å². The largest absolute Gasteiger partial charge is 0.416 e. The fraction of sp³-hybridized carbons (Fsp3) is 0.381. The summed E-state index contributed by atoms with van der Waals surface area (Å²) in [5.74, 6) is 0. The van der Waals surface area contributed by atoms with E-state index in [2.05, 4.69) is 10.00 Å². The van der Waals surface area contributed by atoms with E-state index < -0.39 is 21.8 Å². The van der Waals surface area contributed by atoms with Crippen molar-refractivity contribution >= 4 is 26.5 Å². The van der Waals surface area contributed by atoms with Crippen molar-refractivity contribution in [2.45, 2.75) is 31.3 Å². The van der Waals surface area contributed by atoms with Crippen LogP contribution < -0.4 is 0 Å². The predicted molar refractivity (Wildman–Crippen MR) is 112 cm³/mol. The number of benzene rings is 1. The number of aromatic nitrogens is 3. The number of rotatable bonds is 3. The van der Waals surface area contributed by atoms with E-state index >= 15 is 0 Å². The Balaban J connectivity index is 2.01. The first-order valence-corrected chi connectivity index (χ1v) is 11.2. The molecule has 1 aliphatic heterocycles. The van der Waals surface area contributed by atoms with Gasteiger partial charge < -0.3 is 4.90 Å². The average molecular weight is 453 g/mol. The normalized spacial score (nSPS) is 16.2. The summed E-state index contributed by atoms with van der Waals surface area (Å²) in [6.45, 7) is 4.65. The van der Waals surface area contributed by atoms with Gasteiger partial charge in [0, 0.05) is 37.3 Å². The first-order chi connectivity index (χ1) is 14.4. The van der Waals surface area contributed by atoms with Gasteiger partial charge in [0.05, 0.1) is 22.5 Å². The number of aryl methyl sites for hydroxylation is 2. The van der Waals surface area contributed by atoms with E-state index in [4.69, 9.17) is 0 Å². The second-order valence-corrected chi connectivity index (χ2v) is 9.69. The molecule has 0 unspecified atom stereocenters. The molecular formula is C21H23F3N4O2S. The summed E-state index contributed by atoms with van der Waals surface area (Å²) in [6.07, 6.45) is -0.514. The highest BCUT2D eigenvalue weighted by Gasteiger charge is 2.33. The van der Waals surface area contributed by atoms with Crippen LogP contribution in [0, 0.1) is 13.8 Å². The minimum Gasteiger partial charge on any atom is -0.302 e. The van der Waals surface area contributed by atoms with Gasteiger partial charge in [-0.15, -0.1) is 0 Å². The fourth-order valence-electron chi connectivity index (χ4n) is 4.07. The van der Waals surface area contributed by atoms with Crippen molar-refractivity contribution in [2.24, 2.45) is 7.05 Å². The molecule has 1 aromatic carbocycles. The van der Waals surface area contributed by atoms with Crippen molar-refractivity contribution < 1.29 is 21.6 Å². The maximum Gasteiger partial charge on any atom is 0.416 e. The number of halogens is 3. The molecule has 0 saturated heterocycles. The second-order valence-electron chi connectivity index (χ2n) is 7.94. The summed E-state index contributed by atoms with van der Waals surface area (Å²) < 4.78 is 70.0. The molecule has 0 bridgehead atoms. The van der Waals surface area contributed by atoms with Gasteiger partial charge in [-0.3, -0.25) is 4.68 Å². The maximum atomic E-state index is 13.6. The summed E-state index contributed by atoms with van der Waals surface area (Å²) in [4.78, 5) is 2.15. The zero-order valence-electron chi connectivity index (χ0n) is 17.7. The van der Waals surface area contributed by atoms with Gasteiger partial charge in [-0.2, -0.15) is 18.3 Å². The summed E-state index contributed by atoms with van der Waals surface area (Å²) >= 11 is 0. The number of nitrogens with zero attached hydrogens (tertiary/aromatic N) is 4. The van der Waals surface area contributed by atoms with Crippen molar-refractivity contribution in [3.8, 4) is 0 Å². The van der Waals surface area contributed by atoms with Gasteiger partial charge in [0.15, 0.2) is 0 Å². The summed E-state index contributed by atoms with van der Waals surface area (Å²) in [5.41, 5.74) is 1.57. The minimum absolute atomic E-state index is 0.0655. The number of hydrogen-bond acceptors (Lipinski definition) is 4. The zero-order chi connectivity index (χ0) is 22.7. The zero-order valence-corrected chi connectivity index (χ0v) is 18.5. The summed E-state index contributed by atoms with van der Waals surface area (Å²) in [7, 11) is -0.461. The molecule has 0 aliphatic carbocycles. The van der Waals surface area contributed by atoms with Crippen molar-refractivity contribution in [2.75, 3.05) is 20.1 Å². The number of fused-ring (bicyclic) bond motifs is 1. The number of likely N-dealkylation sites (N-methyl/N-ethyl adjacent to an activating group) is 1. The predicted octanol–water partition coefficient (Wildman–Crippen LogP) is 3.97. The van der Waals surface area contributed by atoms with E-state index in [9.17, 15) is 21.6 Å². The standard InChI is InChI=1S/C21H23F3N4O2S/c1-13-20(14(2)27(4)25-13)31(29,30)28-12-18(15-7-9-26(3)10-8-15)17-11-16(21(22,23)24)5-6-19(17)28/h5-7,11-12H,8-10H2,1-4H3. The summed E-state index contributed by atoms with van der Waals surface area (Å²) in [5, 5.41) is 4.46. The first kappa shape index (κ1) is 21.6. The van der Waals surface area contributed by atoms with Crippen molar-refractivity contribution in [3.63, 3.8) is 0 Å². The number of hydrogen-bond donors (Lipinski definition) is 0. The van der Waals surface area contributed by atoms with Crippen LogP contribution in [-0.4, -0.2) is 47.2 Å². The van der Waals surface area contributed by atoms with Gasteiger partial charge in [-0.25, -0.2) is 12.4 Å². The lowest BCUT2D eigenvalue weighted by Crippen LogP contribution is -2.23. The average Bonchev–Trinajstić information content (AvgIpc) is 3.19. The van der Waals surface area contributed by atoms with Crippen LogP contribution in [0.15, 0.2) is 35.4 Å². The Hall–Kier alpha value is -2.59. The molecular weight excluding hydrogens is 429 g/mol. The van der Waals surface area contributed by atoms with Crippen LogP contribution in [0.3, 0.4) is 0 Å². The van der Waals surface area contributed by atoms with Gasteiger partial charge in [0.1, 0.15) is 4.90 Å². The van der Waals surface area contributed by atoms with Gasteiger partial charge in [-0.1, -0.05) is 6.08 Å². The Morgan fingerprint density at radius 3 is 2.39 bits per heavy atom. The highest BCUT2D eigenvalue weighted by molar-refractivity contribution is 7.90. The SMILES string of the molecule is Cc1nn(C)c(C)c1S(=O)(=O)n1cc(C2=CCN(C)CC2)c2cc(C(F)(F)F)ccc21. The molecule has 166 valence electrons. The molecule has 6 nitrogen and oxygen atoms in total. The molecule has 0 N–H and O–H groups in total. The van der Waals surface area contributed by atoms with E-state index in [0.29, 0.717) is 29.9 Å². The van der Waals surface area contributed by atoms with Crippen LogP contribution in [0.25, 0.3) is 16.5 Å². The third-order valence-electron chi connectivity index (χ3n) is 5.82. The molecule has 0 atom stereocenters. The van der Waals surface area contributed by atoms with Crippen LogP contribution in [0.5, 0.6) is 0 Å². The maximum absolute atomic E-state index is 13.6. The van der Waals surface area contributed by atoms with Gasteiger partial charge in [0.2, 0.25) is 0 Å². The lowest BCUT2D eigenvalue weighted by atomic mass is 9.98. The molecule has 3 aromatic rings. The molecule has 0 saturated carbocycles. The first-order valence-electron chi connectivity index (χ1n) is 9.77. The Bertz CT molecular complexity index is 1320. The van der Waals surface area contributed by atoms with Crippen molar-refractivity contribution in [3.05, 3.63) is 53.0 Å². The second kappa shape index (κ2) is 7.23. The lowest BCUT2D eigenvalue weighted by molar-refractivity contribution is -0.137. The highest BCUT2D eigenvalue weighted by atomic mass is 32.2. The Labute approximate surface area is 178 Å². The quantitative estimate of drug-likeness (QED) is 0.604. The van der Waals surface area contributed by atoms with E-state index in [1.165, 1.54) is 16.9 Å². The van der Waals surface area contributed by atoms with Crippen molar-refractivity contribution in [1.29, 1.82) is 0 Å². The summed E-state index contributed by atoms with van der Waals surface area (Å²) in [6, 6.07) is 3.19. The van der Waals surface area contributed by atoms with Crippen LogP contribution in [-0.2, 0) is 23.2 Å². The Kier molecular flexibility index (Phi) is 5.05. The Morgan fingerprint density at radius 2 is 1.84 bits per heavy atom. The molecule has 0 amide bonds. The van der Waals surface area contributed by atoms with E-state index in [-0.39, 0.29) is 15.8 Å². The highest BCUT2D eigenvalue weighted by Crippen LogP contribution is 2.38. The van der Waals surface area contributed by atoms with Crippen LogP contribution in [0.2, 0.25) is 0 Å². The molecule has 31 heavy (non-hydrogen) atoms. The van der Waals surface area contributed by atoms with E-state index in [1.54, 1.807) is 20.9 Å². The molecule has 10 heteroatoms. The van der Waals surface area contributed by atoms with Gasteiger partial charge >= 0.3 is 6.18 Å². The van der Waals surface area contributed by atoms with Crippen LogP contribution in [0.1, 0.15) is 28.9 Å². The lowest BCUT2D eigenvalue weighted by Gasteiger charge is -2.21. The molecule has 4 rings (SSSR count).